The molecule has 0 fully saturated rings. The number of esters is 1. The van der Waals surface area contributed by atoms with Gasteiger partial charge < -0.3 is 14.4 Å². The van der Waals surface area contributed by atoms with Gasteiger partial charge >= 0.3 is 5.97 Å². The van der Waals surface area contributed by atoms with Crippen LogP contribution in [0.15, 0.2) is 24.4 Å². The van der Waals surface area contributed by atoms with Crippen LogP contribution in [0.5, 0.6) is 0 Å². The zero-order chi connectivity index (χ0) is 14.3. The standard InChI is InChI=1S/C15H15NO4/c1-20-15(19)14(18)12-7-16-10(8-17)6-5-9-3-2-4-11(12)13(9)16/h2-4,7,10,17H,5-6,8H2,1H3. The number of methoxy groups -OCH3 is 1. The number of ether oxygens (including phenoxy) is 1. The largest absolute Gasteiger partial charge is 0.463 e. The molecule has 2 aromatic rings. The average Bonchev–Trinajstić information content (AvgIpc) is 2.88. The van der Waals surface area contributed by atoms with E-state index >= 15 is 0 Å². The maximum atomic E-state index is 12.1. The number of hydrogen-bond acceptors (Lipinski definition) is 4. The third-order valence-electron chi connectivity index (χ3n) is 3.90. The molecule has 2 heterocycles. The van der Waals surface area contributed by atoms with Gasteiger partial charge in [0.1, 0.15) is 0 Å². The van der Waals surface area contributed by atoms with Crippen LogP contribution < -0.4 is 0 Å². The minimum absolute atomic E-state index is 0.0178. The first-order valence-corrected chi connectivity index (χ1v) is 6.53. The van der Waals surface area contributed by atoms with Gasteiger partial charge in [-0.15, -0.1) is 0 Å². The van der Waals surface area contributed by atoms with Crippen molar-refractivity contribution in [3.8, 4) is 0 Å². The summed E-state index contributed by atoms with van der Waals surface area (Å²) >= 11 is 0. The quantitative estimate of drug-likeness (QED) is 0.522. The molecule has 3 rings (SSSR count). The van der Waals surface area contributed by atoms with E-state index in [2.05, 4.69) is 4.74 Å². The number of hydrogen-bond donors (Lipinski definition) is 1. The zero-order valence-corrected chi connectivity index (χ0v) is 11.1. The van der Waals surface area contributed by atoms with Crippen LogP contribution in [0.3, 0.4) is 0 Å². The number of benzene rings is 1. The second kappa shape index (κ2) is 4.76. The highest BCUT2D eigenvalue weighted by molar-refractivity contribution is 6.43. The predicted octanol–water partition coefficient (Wildman–Crippen LogP) is 1.48. The molecule has 0 saturated carbocycles. The molecule has 1 aliphatic rings. The topological polar surface area (TPSA) is 68.5 Å². The van der Waals surface area contributed by atoms with Gasteiger partial charge in [0, 0.05) is 11.6 Å². The van der Waals surface area contributed by atoms with E-state index in [4.69, 9.17) is 0 Å². The minimum Gasteiger partial charge on any atom is -0.463 e. The fourth-order valence-electron chi connectivity index (χ4n) is 2.90. The lowest BCUT2D eigenvalue weighted by Gasteiger charge is -2.24. The summed E-state index contributed by atoms with van der Waals surface area (Å²) in [6.45, 7) is 0.0178. The molecule has 1 unspecified atom stereocenters. The van der Waals surface area contributed by atoms with E-state index in [9.17, 15) is 14.7 Å². The Hall–Kier alpha value is -2.14. The van der Waals surface area contributed by atoms with Crippen LogP contribution >= 0.6 is 0 Å². The van der Waals surface area contributed by atoms with E-state index < -0.39 is 11.8 Å². The van der Waals surface area contributed by atoms with Crippen molar-refractivity contribution in [3.05, 3.63) is 35.5 Å². The van der Waals surface area contributed by atoms with Crippen LogP contribution in [-0.2, 0) is 16.0 Å². The molecule has 0 bridgehead atoms. The fourth-order valence-corrected chi connectivity index (χ4v) is 2.90. The molecular formula is C15H15NO4. The summed E-state index contributed by atoms with van der Waals surface area (Å²) in [5.41, 5.74) is 2.41. The molecule has 0 radical (unpaired) electrons. The number of aliphatic hydroxyl groups excluding tert-OH is 1. The number of Topliss-reactive ketones (excluding diaryl/α,β-unsaturated/α-hetero) is 1. The zero-order valence-electron chi connectivity index (χ0n) is 11.1. The Balaban J connectivity index is 2.24. The smallest absolute Gasteiger partial charge is 0.379 e. The highest BCUT2D eigenvalue weighted by atomic mass is 16.5. The molecule has 0 spiro atoms. The number of rotatable bonds is 3. The van der Waals surface area contributed by atoms with E-state index in [1.165, 1.54) is 7.11 Å². The van der Waals surface area contributed by atoms with Gasteiger partial charge in [-0.3, -0.25) is 4.79 Å². The lowest BCUT2D eigenvalue weighted by Crippen LogP contribution is -2.18. The average molecular weight is 273 g/mol. The SMILES string of the molecule is COC(=O)C(=O)c1cn2c3c(cccc13)CCC2CO. The molecule has 5 heteroatoms. The Morgan fingerprint density at radius 2 is 2.25 bits per heavy atom. The van der Waals surface area contributed by atoms with Crippen LogP contribution in [0.1, 0.15) is 28.4 Å². The molecule has 0 saturated heterocycles. The Kier molecular flexibility index (Phi) is 3.06. The first-order chi connectivity index (χ1) is 9.67. The fraction of sp³-hybridized carbons (Fsp3) is 0.333. The number of para-hydroxylation sites is 1. The van der Waals surface area contributed by atoms with Crippen molar-refractivity contribution in [2.75, 3.05) is 13.7 Å². The lowest BCUT2D eigenvalue weighted by molar-refractivity contribution is -0.135. The summed E-state index contributed by atoms with van der Waals surface area (Å²) in [5.74, 6) is -1.51. The van der Waals surface area contributed by atoms with E-state index in [1.54, 1.807) is 6.20 Å². The van der Waals surface area contributed by atoms with Gasteiger partial charge in [-0.2, -0.15) is 0 Å². The number of nitrogens with zero attached hydrogens (tertiary/aromatic N) is 1. The summed E-state index contributed by atoms with van der Waals surface area (Å²) in [6.07, 6.45) is 3.34. The minimum atomic E-state index is -0.866. The molecule has 0 amide bonds. The Morgan fingerprint density at radius 3 is 2.95 bits per heavy atom. The van der Waals surface area contributed by atoms with Gasteiger partial charge in [-0.25, -0.2) is 4.79 Å². The summed E-state index contributed by atoms with van der Waals surface area (Å²) in [4.78, 5) is 23.6. The van der Waals surface area contributed by atoms with Crippen molar-refractivity contribution in [1.82, 2.24) is 4.57 Å². The van der Waals surface area contributed by atoms with Crippen molar-refractivity contribution < 1.29 is 19.4 Å². The number of carbonyl (C=O) groups is 2. The molecule has 1 atom stereocenters. The summed E-state index contributed by atoms with van der Waals surface area (Å²) < 4.78 is 6.42. The van der Waals surface area contributed by atoms with Crippen molar-refractivity contribution >= 4 is 22.7 Å². The van der Waals surface area contributed by atoms with Gasteiger partial charge in [0.15, 0.2) is 0 Å². The molecule has 20 heavy (non-hydrogen) atoms. The van der Waals surface area contributed by atoms with Gasteiger partial charge in [0.2, 0.25) is 0 Å². The number of aromatic nitrogens is 1. The normalized spacial score (nSPS) is 17.2. The maximum Gasteiger partial charge on any atom is 0.379 e. The van der Waals surface area contributed by atoms with Gasteiger partial charge in [-0.1, -0.05) is 18.2 Å². The predicted molar refractivity (Wildman–Crippen MR) is 72.7 cm³/mol. The Labute approximate surface area is 115 Å². The second-order valence-electron chi connectivity index (χ2n) is 4.96. The molecule has 1 aromatic carbocycles. The first kappa shape index (κ1) is 12.9. The number of aliphatic hydroxyl groups is 1. The molecule has 1 N–H and O–H groups in total. The molecule has 1 aromatic heterocycles. The second-order valence-corrected chi connectivity index (χ2v) is 4.96. The molecule has 1 aliphatic heterocycles. The van der Waals surface area contributed by atoms with Crippen LogP contribution in [0.2, 0.25) is 0 Å². The summed E-state index contributed by atoms with van der Waals surface area (Å²) in [7, 11) is 1.19. The Bertz CT molecular complexity index is 701. The van der Waals surface area contributed by atoms with Crippen molar-refractivity contribution in [2.45, 2.75) is 18.9 Å². The number of carbonyl (C=O) groups excluding carboxylic acids is 2. The van der Waals surface area contributed by atoms with E-state index in [1.807, 2.05) is 22.8 Å². The van der Waals surface area contributed by atoms with Gasteiger partial charge in [0.05, 0.1) is 30.8 Å². The van der Waals surface area contributed by atoms with E-state index in [-0.39, 0.29) is 12.6 Å². The van der Waals surface area contributed by atoms with E-state index in [0.29, 0.717) is 5.56 Å². The van der Waals surface area contributed by atoms with Crippen LogP contribution in [0, 0.1) is 0 Å². The molecule has 0 aliphatic carbocycles. The lowest BCUT2D eigenvalue weighted by atomic mass is 9.98. The molecule has 104 valence electrons. The van der Waals surface area contributed by atoms with Gasteiger partial charge in [-0.05, 0) is 18.4 Å². The third-order valence-corrected chi connectivity index (χ3v) is 3.90. The third kappa shape index (κ3) is 1.74. The molecular weight excluding hydrogens is 258 g/mol. The maximum absolute atomic E-state index is 12.1. The van der Waals surface area contributed by atoms with E-state index in [0.717, 1.165) is 29.3 Å². The highest BCUT2D eigenvalue weighted by Gasteiger charge is 2.27. The van der Waals surface area contributed by atoms with Crippen LogP contribution in [-0.4, -0.2) is 35.1 Å². The first-order valence-electron chi connectivity index (χ1n) is 6.53. The van der Waals surface area contributed by atoms with Crippen LogP contribution in [0.25, 0.3) is 10.9 Å². The van der Waals surface area contributed by atoms with Crippen LogP contribution in [0.4, 0.5) is 0 Å². The Morgan fingerprint density at radius 1 is 1.45 bits per heavy atom. The monoisotopic (exact) mass is 273 g/mol. The molecule has 5 nitrogen and oxygen atoms in total. The van der Waals surface area contributed by atoms with Crippen molar-refractivity contribution in [1.29, 1.82) is 0 Å². The van der Waals surface area contributed by atoms with Crippen molar-refractivity contribution in [3.63, 3.8) is 0 Å². The highest BCUT2D eigenvalue weighted by Crippen LogP contribution is 2.34. The summed E-state index contributed by atoms with van der Waals surface area (Å²) in [5, 5.41) is 10.2. The number of aryl methyl sites for hydroxylation is 1. The summed E-state index contributed by atoms with van der Waals surface area (Å²) in [6, 6.07) is 5.67. The number of ketones is 1. The van der Waals surface area contributed by atoms with Crippen molar-refractivity contribution in [2.24, 2.45) is 0 Å². The van der Waals surface area contributed by atoms with Gasteiger partial charge in [0.25, 0.3) is 5.78 Å².